The molecule has 1 aromatic heterocycles. The average molecular weight is 269 g/mol. The number of imidazole rings is 1. The van der Waals surface area contributed by atoms with Gasteiger partial charge in [-0.05, 0) is 30.4 Å². The summed E-state index contributed by atoms with van der Waals surface area (Å²) in [4.78, 5) is 7.81. The van der Waals surface area contributed by atoms with Crippen molar-refractivity contribution >= 4 is 0 Å². The van der Waals surface area contributed by atoms with Crippen molar-refractivity contribution in [2.24, 2.45) is 5.92 Å². The Labute approximate surface area is 120 Å². The minimum absolute atomic E-state index is 0.177. The Balaban J connectivity index is 1.93. The standard InChI is InChI=1S/C17H23N3/c1-12(2)10-13-4-6-14(7-5-13)17(3)16-15(8-9-20-17)18-11-19-16/h4-7,11-12,20H,8-10H2,1-3H3,(H,18,19). The molecule has 2 N–H and O–H groups in total. The number of aromatic amines is 1. The lowest BCUT2D eigenvalue weighted by Crippen LogP contribution is -2.46. The minimum Gasteiger partial charge on any atom is -0.348 e. The first-order valence-electron chi connectivity index (χ1n) is 7.47. The lowest BCUT2D eigenvalue weighted by atomic mass is 9.84. The molecule has 20 heavy (non-hydrogen) atoms. The first-order chi connectivity index (χ1) is 9.59. The lowest BCUT2D eigenvalue weighted by molar-refractivity contribution is 0.403. The summed E-state index contributed by atoms with van der Waals surface area (Å²) in [5.74, 6) is 0.696. The average Bonchev–Trinajstić information content (AvgIpc) is 2.89. The number of fused-ring (bicyclic) bond motifs is 1. The summed E-state index contributed by atoms with van der Waals surface area (Å²) in [7, 11) is 0. The van der Waals surface area contributed by atoms with Crippen LogP contribution in [0.4, 0.5) is 0 Å². The van der Waals surface area contributed by atoms with Gasteiger partial charge in [0.25, 0.3) is 0 Å². The van der Waals surface area contributed by atoms with Gasteiger partial charge in [-0.2, -0.15) is 0 Å². The highest BCUT2D eigenvalue weighted by atomic mass is 15.1. The Morgan fingerprint density at radius 1 is 1.25 bits per heavy atom. The number of hydrogen-bond acceptors (Lipinski definition) is 2. The van der Waals surface area contributed by atoms with Crippen molar-refractivity contribution < 1.29 is 0 Å². The second kappa shape index (κ2) is 5.06. The Bertz CT molecular complexity index is 583. The molecule has 0 amide bonds. The van der Waals surface area contributed by atoms with Gasteiger partial charge in [-0.3, -0.25) is 0 Å². The van der Waals surface area contributed by atoms with Gasteiger partial charge in [0.15, 0.2) is 0 Å². The van der Waals surface area contributed by atoms with Crippen molar-refractivity contribution in [2.45, 2.75) is 39.2 Å². The fourth-order valence-corrected chi connectivity index (χ4v) is 3.15. The van der Waals surface area contributed by atoms with Crippen LogP contribution in [0.5, 0.6) is 0 Å². The summed E-state index contributed by atoms with van der Waals surface area (Å²) < 4.78 is 0. The van der Waals surface area contributed by atoms with Crippen LogP contribution in [0.1, 0.15) is 43.3 Å². The van der Waals surface area contributed by atoms with Crippen LogP contribution < -0.4 is 5.32 Å². The number of rotatable bonds is 3. The van der Waals surface area contributed by atoms with E-state index in [9.17, 15) is 0 Å². The van der Waals surface area contributed by atoms with Gasteiger partial charge >= 0.3 is 0 Å². The van der Waals surface area contributed by atoms with Gasteiger partial charge in [0.1, 0.15) is 0 Å². The largest absolute Gasteiger partial charge is 0.348 e. The molecule has 1 atom stereocenters. The minimum atomic E-state index is -0.177. The van der Waals surface area contributed by atoms with E-state index < -0.39 is 0 Å². The van der Waals surface area contributed by atoms with Crippen LogP contribution in [0.15, 0.2) is 30.6 Å². The molecule has 3 nitrogen and oxygen atoms in total. The van der Waals surface area contributed by atoms with Crippen molar-refractivity contribution in [3.8, 4) is 0 Å². The summed E-state index contributed by atoms with van der Waals surface area (Å²) in [5.41, 5.74) is 4.92. The Morgan fingerprint density at radius 2 is 2.00 bits per heavy atom. The quantitative estimate of drug-likeness (QED) is 0.899. The first-order valence-corrected chi connectivity index (χ1v) is 7.47. The van der Waals surface area contributed by atoms with Crippen LogP contribution in [0, 0.1) is 5.92 Å². The van der Waals surface area contributed by atoms with Gasteiger partial charge in [0.05, 0.1) is 17.6 Å². The lowest BCUT2D eigenvalue weighted by Gasteiger charge is -2.34. The molecule has 0 fully saturated rings. The molecule has 0 aliphatic carbocycles. The highest BCUT2D eigenvalue weighted by molar-refractivity contribution is 5.39. The van der Waals surface area contributed by atoms with E-state index in [0.29, 0.717) is 5.92 Å². The van der Waals surface area contributed by atoms with Crippen molar-refractivity contribution in [3.63, 3.8) is 0 Å². The van der Waals surface area contributed by atoms with E-state index in [1.54, 1.807) is 0 Å². The third-order valence-electron chi connectivity index (χ3n) is 4.22. The second-order valence-corrected chi connectivity index (χ2v) is 6.33. The zero-order chi connectivity index (χ0) is 14.2. The van der Waals surface area contributed by atoms with Gasteiger partial charge in [0.2, 0.25) is 0 Å². The third-order valence-corrected chi connectivity index (χ3v) is 4.22. The van der Waals surface area contributed by atoms with Gasteiger partial charge in [-0.25, -0.2) is 4.98 Å². The van der Waals surface area contributed by atoms with Crippen LogP contribution in [-0.4, -0.2) is 16.5 Å². The van der Waals surface area contributed by atoms with Crippen LogP contribution in [0.3, 0.4) is 0 Å². The van der Waals surface area contributed by atoms with Gasteiger partial charge in [0, 0.05) is 18.7 Å². The monoisotopic (exact) mass is 269 g/mol. The number of nitrogens with zero attached hydrogens (tertiary/aromatic N) is 1. The zero-order valence-corrected chi connectivity index (χ0v) is 12.5. The molecule has 3 heteroatoms. The van der Waals surface area contributed by atoms with Crippen molar-refractivity contribution in [1.82, 2.24) is 15.3 Å². The predicted molar refractivity (Wildman–Crippen MR) is 81.7 cm³/mol. The van der Waals surface area contributed by atoms with Gasteiger partial charge in [-0.1, -0.05) is 38.1 Å². The molecule has 2 aromatic rings. The molecule has 3 rings (SSSR count). The molecule has 0 spiro atoms. The molecule has 106 valence electrons. The summed E-state index contributed by atoms with van der Waals surface area (Å²) >= 11 is 0. The van der Waals surface area contributed by atoms with Crippen molar-refractivity contribution in [1.29, 1.82) is 0 Å². The number of H-pyrrole nitrogens is 1. The zero-order valence-electron chi connectivity index (χ0n) is 12.5. The van der Waals surface area contributed by atoms with E-state index >= 15 is 0 Å². The Morgan fingerprint density at radius 3 is 2.70 bits per heavy atom. The summed E-state index contributed by atoms with van der Waals surface area (Å²) in [6.07, 6.45) is 3.97. The highest BCUT2D eigenvalue weighted by Crippen LogP contribution is 2.32. The van der Waals surface area contributed by atoms with Crippen molar-refractivity contribution in [2.75, 3.05) is 6.54 Å². The molecule has 0 saturated heterocycles. The predicted octanol–water partition coefficient (Wildman–Crippen LogP) is 3.02. The van der Waals surface area contributed by atoms with E-state index in [4.69, 9.17) is 0 Å². The van der Waals surface area contributed by atoms with Crippen LogP contribution >= 0.6 is 0 Å². The second-order valence-electron chi connectivity index (χ2n) is 6.33. The van der Waals surface area contributed by atoms with Crippen molar-refractivity contribution in [3.05, 3.63) is 53.1 Å². The maximum Gasteiger partial charge on any atom is 0.0926 e. The van der Waals surface area contributed by atoms with E-state index in [-0.39, 0.29) is 5.54 Å². The maximum absolute atomic E-state index is 4.54. The molecule has 0 saturated carbocycles. The Kier molecular flexibility index (Phi) is 3.38. The fraction of sp³-hybridized carbons (Fsp3) is 0.471. The van der Waals surface area contributed by atoms with E-state index in [1.807, 2.05) is 6.33 Å². The van der Waals surface area contributed by atoms with Gasteiger partial charge < -0.3 is 10.3 Å². The first kappa shape index (κ1) is 13.4. The Hall–Kier alpha value is -1.61. The molecular weight excluding hydrogens is 246 g/mol. The molecular formula is C17H23N3. The number of aromatic nitrogens is 2. The molecule has 1 aromatic carbocycles. The molecule has 1 aliphatic heterocycles. The van der Waals surface area contributed by atoms with E-state index in [0.717, 1.165) is 25.1 Å². The summed E-state index contributed by atoms with van der Waals surface area (Å²) in [5, 5.41) is 3.63. The molecule has 2 heterocycles. The van der Waals surface area contributed by atoms with Crippen LogP contribution in [0.2, 0.25) is 0 Å². The molecule has 1 unspecified atom stereocenters. The topological polar surface area (TPSA) is 40.7 Å². The molecule has 1 aliphatic rings. The molecule has 0 radical (unpaired) electrons. The molecule has 0 bridgehead atoms. The van der Waals surface area contributed by atoms with Gasteiger partial charge in [-0.15, -0.1) is 0 Å². The number of benzene rings is 1. The number of hydrogen-bond donors (Lipinski definition) is 2. The summed E-state index contributed by atoms with van der Waals surface area (Å²) in [6, 6.07) is 9.00. The van der Waals surface area contributed by atoms with E-state index in [2.05, 4.69) is 60.3 Å². The third kappa shape index (κ3) is 2.27. The maximum atomic E-state index is 4.54. The number of nitrogens with one attached hydrogen (secondary N) is 2. The summed E-state index contributed by atoms with van der Waals surface area (Å²) in [6.45, 7) is 7.73. The van der Waals surface area contributed by atoms with Crippen LogP contribution in [0.25, 0.3) is 0 Å². The van der Waals surface area contributed by atoms with Crippen LogP contribution in [-0.2, 0) is 18.4 Å². The SMILES string of the molecule is CC(C)Cc1ccc(C2(C)NCCc3[nH]cnc32)cc1. The highest BCUT2D eigenvalue weighted by Gasteiger charge is 2.35. The normalized spacial score (nSPS) is 22.0. The smallest absolute Gasteiger partial charge is 0.0926 e. The van der Waals surface area contributed by atoms with E-state index in [1.165, 1.54) is 16.8 Å². The fourth-order valence-electron chi connectivity index (χ4n) is 3.15.